The van der Waals surface area contributed by atoms with Crippen molar-refractivity contribution in [2.24, 2.45) is 5.14 Å². The Balaban J connectivity index is 2.46. The maximum absolute atomic E-state index is 11.4. The molecule has 0 unspecified atom stereocenters. The van der Waals surface area contributed by atoms with E-state index in [0.29, 0.717) is 11.5 Å². The van der Waals surface area contributed by atoms with Crippen LogP contribution in [0, 0.1) is 6.92 Å². The van der Waals surface area contributed by atoms with Crippen molar-refractivity contribution in [1.82, 2.24) is 0 Å². The van der Waals surface area contributed by atoms with Gasteiger partial charge in [0.05, 0.1) is 12.8 Å². The molecule has 0 spiro atoms. The molecule has 0 amide bonds. The number of hydrogen-bond acceptors (Lipinski definition) is 5. The molecular formula is C14H16N2O4S. The molecule has 2 aromatic carbocycles. The van der Waals surface area contributed by atoms with Gasteiger partial charge in [0.1, 0.15) is 4.90 Å². The van der Waals surface area contributed by atoms with E-state index in [9.17, 15) is 8.42 Å². The molecule has 0 atom stereocenters. The summed E-state index contributed by atoms with van der Waals surface area (Å²) in [6.45, 7) is 1.92. The quantitative estimate of drug-likeness (QED) is 0.841. The Morgan fingerprint density at radius 2 is 1.76 bits per heavy atom. The van der Waals surface area contributed by atoms with Crippen LogP contribution in [-0.4, -0.2) is 15.5 Å². The fourth-order valence-corrected chi connectivity index (χ4v) is 2.51. The van der Waals surface area contributed by atoms with Crippen molar-refractivity contribution in [2.45, 2.75) is 11.8 Å². The van der Waals surface area contributed by atoms with Gasteiger partial charge in [0.15, 0.2) is 17.2 Å². The summed E-state index contributed by atoms with van der Waals surface area (Å²) in [5, 5.41) is 5.11. The molecule has 0 saturated heterocycles. The number of anilines is 1. The van der Waals surface area contributed by atoms with Crippen molar-refractivity contribution < 1.29 is 17.9 Å². The normalized spacial score (nSPS) is 11.2. The minimum atomic E-state index is -3.91. The third kappa shape index (κ3) is 3.26. The average Bonchev–Trinajstić information content (AvgIpc) is 2.41. The molecule has 0 aromatic heterocycles. The lowest BCUT2D eigenvalue weighted by Gasteiger charge is -2.13. The molecule has 2 aromatic rings. The van der Waals surface area contributed by atoms with Crippen molar-refractivity contribution in [3.63, 3.8) is 0 Å². The second-order valence-electron chi connectivity index (χ2n) is 4.47. The molecular weight excluding hydrogens is 292 g/mol. The Morgan fingerprint density at radius 1 is 1.05 bits per heavy atom. The van der Waals surface area contributed by atoms with Gasteiger partial charge in [-0.05, 0) is 36.8 Å². The Kier molecular flexibility index (Phi) is 4.06. The summed E-state index contributed by atoms with van der Waals surface area (Å²) in [6, 6.07) is 9.75. The summed E-state index contributed by atoms with van der Waals surface area (Å²) in [5.74, 6) is 1.15. The topological polar surface area (TPSA) is 105 Å². The van der Waals surface area contributed by atoms with Gasteiger partial charge in [0.25, 0.3) is 0 Å². The van der Waals surface area contributed by atoms with Crippen LogP contribution in [0.25, 0.3) is 0 Å². The van der Waals surface area contributed by atoms with E-state index in [1.54, 1.807) is 18.2 Å². The zero-order valence-electron chi connectivity index (χ0n) is 11.7. The molecule has 0 aliphatic heterocycles. The first kappa shape index (κ1) is 15.1. The third-order valence-electron chi connectivity index (χ3n) is 2.87. The van der Waals surface area contributed by atoms with Gasteiger partial charge in [-0.15, -0.1) is 0 Å². The molecule has 0 fully saturated rings. The molecule has 7 heteroatoms. The van der Waals surface area contributed by atoms with Crippen LogP contribution in [0.2, 0.25) is 0 Å². The van der Waals surface area contributed by atoms with E-state index in [0.717, 1.165) is 5.56 Å². The summed E-state index contributed by atoms with van der Waals surface area (Å²) >= 11 is 0. The zero-order valence-corrected chi connectivity index (χ0v) is 12.5. The summed E-state index contributed by atoms with van der Waals surface area (Å²) in [6.07, 6.45) is 0. The monoisotopic (exact) mass is 308 g/mol. The highest BCUT2D eigenvalue weighted by Gasteiger charge is 2.17. The number of ether oxygens (including phenoxy) is 2. The largest absolute Gasteiger partial charge is 0.493 e. The van der Waals surface area contributed by atoms with Gasteiger partial charge >= 0.3 is 0 Å². The Hall–Kier alpha value is -2.25. The highest BCUT2D eigenvalue weighted by molar-refractivity contribution is 7.89. The minimum absolute atomic E-state index is 0.0392. The first-order valence-corrected chi connectivity index (χ1v) is 7.61. The Labute approximate surface area is 123 Å². The van der Waals surface area contributed by atoms with Crippen LogP contribution in [0.15, 0.2) is 41.3 Å². The Morgan fingerprint density at radius 3 is 2.38 bits per heavy atom. The second-order valence-corrected chi connectivity index (χ2v) is 6.00. The summed E-state index contributed by atoms with van der Waals surface area (Å²) in [5.41, 5.74) is 6.78. The van der Waals surface area contributed by atoms with Crippen LogP contribution in [0.5, 0.6) is 17.2 Å². The molecule has 6 nitrogen and oxygen atoms in total. The van der Waals surface area contributed by atoms with Crippen molar-refractivity contribution in [3.8, 4) is 17.2 Å². The van der Waals surface area contributed by atoms with Crippen molar-refractivity contribution in [1.29, 1.82) is 0 Å². The first-order chi connectivity index (χ1) is 9.82. The van der Waals surface area contributed by atoms with E-state index in [1.807, 2.05) is 13.0 Å². The standard InChI is InChI=1S/C14H16N2O4S/c1-9-6-7-10(12(8-9)19-2)20-11-4-3-5-13(14(11)15)21(16,17)18/h3-8H,15H2,1-2H3,(H2,16,17,18). The SMILES string of the molecule is COc1cc(C)ccc1Oc1cccc(S(N)(=O)=O)c1N. The number of hydrogen-bond donors (Lipinski definition) is 2. The van der Waals surface area contributed by atoms with E-state index in [2.05, 4.69) is 0 Å². The zero-order chi connectivity index (χ0) is 15.6. The van der Waals surface area contributed by atoms with Gasteiger partial charge in [-0.25, -0.2) is 13.6 Å². The number of aryl methyl sites for hydroxylation is 1. The second kappa shape index (κ2) is 5.63. The van der Waals surface area contributed by atoms with Crippen LogP contribution in [0.4, 0.5) is 5.69 Å². The van der Waals surface area contributed by atoms with Gasteiger partial charge in [-0.2, -0.15) is 0 Å². The van der Waals surface area contributed by atoms with Gasteiger partial charge < -0.3 is 15.2 Å². The number of nitrogens with two attached hydrogens (primary N) is 2. The number of benzene rings is 2. The van der Waals surface area contributed by atoms with Gasteiger partial charge in [-0.3, -0.25) is 0 Å². The average molecular weight is 308 g/mol. The first-order valence-electron chi connectivity index (χ1n) is 6.06. The van der Waals surface area contributed by atoms with Gasteiger partial charge in [-0.1, -0.05) is 12.1 Å². The molecule has 112 valence electrons. The van der Waals surface area contributed by atoms with E-state index < -0.39 is 10.0 Å². The van der Waals surface area contributed by atoms with Crippen LogP contribution < -0.4 is 20.3 Å². The number of rotatable bonds is 4. The third-order valence-corrected chi connectivity index (χ3v) is 3.84. The molecule has 0 bridgehead atoms. The van der Waals surface area contributed by atoms with E-state index in [1.165, 1.54) is 19.2 Å². The highest BCUT2D eigenvalue weighted by Crippen LogP contribution is 2.36. The van der Waals surface area contributed by atoms with Crippen LogP contribution in [0.3, 0.4) is 0 Å². The highest BCUT2D eigenvalue weighted by atomic mass is 32.2. The van der Waals surface area contributed by atoms with Crippen molar-refractivity contribution in [2.75, 3.05) is 12.8 Å². The number of nitrogen functional groups attached to an aromatic ring is 1. The number of para-hydroxylation sites is 1. The molecule has 2 rings (SSSR count). The van der Waals surface area contributed by atoms with Crippen molar-refractivity contribution in [3.05, 3.63) is 42.0 Å². The fourth-order valence-electron chi connectivity index (χ4n) is 1.84. The predicted octanol–water partition coefficient (Wildman–Crippen LogP) is 2.03. The van der Waals surface area contributed by atoms with Crippen LogP contribution in [0.1, 0.15) is 5.56 Å². The summed E-state index contributed by atoms with van der Waals surface area (Å²) in [7, 11) is -2.39. The summed E-state index contributed by atoms with van der Waals surface area (Å²) in [4.78, 5) is -0.175. The summed E-state index contributed by atoms with van der Waals surface area (Å²) < 4.78 is 33.8. The van der Waals surface area contributed by atoms with Crippen molar-refractivity contribution >= 4 is 15.7 Å². The van der Waals surface area contributed by atoms with Crippen LogP contribution in [-0.2, 0) is 10.0 Å². The minimum Gasteiger partial charge on any atom is -0.493 e. The molecule has 0 aliphatic rings. The molecule has 0 saturated carbocycles. The Bertz CT molecular complexity index is 773. The number of methoxy groups -OCH3 is 1. The molecule has 0 heterocycles. The number of primary sulfonamides is 1. The number of sulfonamides is 1. The van der Waals surface area contributed by atoms with Gasteiger partial charge in [0, 0.05) is 0 Å². The van der Waals surface area contributed by atoms with E-state index in [-0.39, 0.29) is 16.3 Å². The molecule has 4 N–H and O–H groups in total. The maximum Gasteiger partial charge on any atom is 0.240 e. The predicted molar refractivity (Wildman–Crippen MR) is 80.0 cm³/mol. The molecule has 0 aliphatic carbocycles. The smallest absolute Gasteiger partial charge is 0.240 e. The lowest BCUT2D eigenvalue weighted by atomic mass is 10.2. The van der Waals surface area contributed by atoms with Gasteiger partial charge in [0.2, 0.25) is 10.0 Å². The molecule has 21 heavy (non-hydrogen) atoms. The van der Waals surface area contributed by atoms with E-state index in [4.69, 9.17) is 20.3 Å². The lowest BCUT2D eigenvalue weighted by Crippen LogP contribution is -2.14. The van der Waals surface area contributed by atoms with E-state index >= 15 is 0 Å². The maximum atomic E-state index is 11.4. The molecule has 0 radical (unpaired) electrons. The fraction of sp³-hybridized carbons (Fsp3) is 0.143. The lowest BCUT2D eigenvalue weighted by molar-refractivity contribution is 0.379. The van der Waals surface area contributed by atoms with Crippen LogP contribution >= 0.6 is 0 Å².